The van der Waals surface area contributed by atoms with Crippen LogP contribution in [0.3, 0.4) is 0 Å². The van der Waals surface area contributed by atoms with Gasteiger partial charge in [0.1, 0.15) is 0 Å². The number of allylic oxidation sites excluding steroid dienone is 2. The zero-order valence-corrected chi connectivity index (χ0v) is 16.8. The summed E-state index contributed by atoms with van der Waals surface area (Å²) in [6, 6.07) is 0. The molecule has 0 spiro atoms. The van der Waals surface area contributed by atoms with Crippen molar-refractivity contribution in [3.63, 3.8) is 0 Å². The minimum absolute atomic E-state index is 0.104. The lowest BCUT2D eigenvalue weighted by Gasteiger charge is -2.19. The maximum Gasteiger partial charge on any atom is 0.305 e. The van der Waals surface area contributed by atoms with Crippen molar-refractivity contribution >= 4 is 11.8 Å². The second-order valence-corrected chi connectivity index (χ2v) is 7.51. The first kappa shape index (κ1) is 22.9. The molecule has 0 aromatic rings. The summed E-state index contributed by atoms with van der Waals surface area (Å²) in [6.07, 6.45) is 14.8. The van der Waals surface area contributed by atoms with Gasteiger partial charge in [0, 0.05) is 12.8 Å². The lowest BCUT2D eigenvalue weighted by atomic mass is 9.88. The molecular weight excluding hydrogens is 328 g/mol. The Labute approximate surface area is 159 Å². The molecule has 0 heterocycles. The van der Waals surface area contributed by atoms with Gasteiger partial charge in [-0.2, -0.15) is 0 Å². The molecule has 1 saturated carbocycles. The highest BCUT2D eigenvalue weighted by atomic mass is 16.5. The third-order valence-corrected chi connectivity index (χ3v) is 5.37. The molecule has 150 valence electrons. The van der Waals surface area contributed by atoms with Gasteiger partial charge in [0.25, 0.3) is 0 Å². The van der Waals surface area contributed by atoms with E-state index in [9.17, 15) is 14.7 Å². The van der Waals surface area contributed by atoms with E-state index in [0.717, 1.165) is 64.2 Å². The molecule has 4 nitrogen and oxygen atoms in total. The van der Waals surface area contributed by atoms with E-state index in [1.54, 1.807) is 6.08 Å². The molecule has 0 saturated heterocycles. The van der Waals surface area contributed by atoms with Gasteiger partial charge >= 0.3 is 5.97 Å². The molecule has 1 fully saturated rings. The molecule has 1 aliphatic rings. The molecule has 0 radical (unpaired) electrons. The van der Waals surface area contributed by atoms with E-state index in [2.05, 4.69) is 13.0 Å². The maximum atomic E-state index is 11.9. The highest BCUT2D eigenvalue weighted by molar-refractivity contribution is 5.89. The standard InChI is InChI=1S/C22H38O4/c1-3-5-8-11-19(23)16-14-18-15-17-21(24)20(18)12-9-6-7-10-13-22(25)26-4-2/h14,16,18,20-21,24H,3-13,15,17H2,1-2H3/t18-,20+,21+/m0/s1. The zero-order valence-electron chi connectivity index (χ0n) is 16.8. The van der Waals surface area contributed by atoms with Crippen LogP contribution < -0.4 is 0 Å². The van der Waals surface area contributed by atoms with E-state index in [1.165, 1.54) is 0 Å². The van der Waals surface area contributed by atoms with Crippen LogP contribution in [0.2, 0.25) is 0 Å². The summed E-state index contributed by atoms with van der Waals surface area (Å²) in [7, 11) is 0. The number of rotatable bonds is 14. The van der Waals surface area contributed by atoms with Gasteiger partial charge in [-0.1, -0.05) is 45.1 Å². The summed E-state index contributed by atoms with van der Waals surface area (Å²) < 4.78 is 4.93. The van der Waals surface area contributed by atoms with Crippen LogP contribution in [0.25, 0.3) is 0 Å². The summed E-state index contributed by atoms with van der Waals surface area (Å²) in [5.74, 6) is 0.726. The summed E-state index contributed by atoms with van der Waals surface area (Å²) in [5, 5.41) is 10.3. The molecular formula is C22H38O4. The van der Waals surface area contributed by atoms with Crippen molar-refractivity contribution in [2.75, 3.05) is 6.61 Å². The van der Waals surface area contributed by atoms with Crippen molar-refractivity contribution in [3.05, 3.63) is 12.2 Å². The number of unbranched alkanes of at least 4 members (excludes halogenated alkanes) is 5. The first-order chi connectivity index (χ1) is 12.6. The number of esters is 1. The molecule has 0 unspecified atom stereocenters. The number of aliphatic hydroxyl groups excluding tert-OH is 1. The summed E-state index contributed by atoms with van der Waals surface area (Å²) in [4.78, 5) is 23.2. The summed E-state index contributed by atoms with van der Waals surface area (Å²) in [6.45, 7) is 4.42. The smallest absolute Gasteiger partial charge is 0.305 e. The fraction of sp³-hybridized carbons (Fsp3) is 0.818. The zero-order chi connectivity index (χ0) is 19.2. The third kappa shape index (κ3) is 9.51. The molecule has 0 amide bonds. The molecule has 0 aromatic heterocycles. The van der Waals surface area contributed by atoms with Crippen molar-refractivity contribution in [1.82, 2.24) is 0 Å². The monoisotopic (exact) mass is 366 g/mol. The van der Waals surface area contributed by atoms with Crippen LogP contribution >= 0.6 is 0 Å². The molecule has 1 N–H and O–H groups in total. The number of carbonyl (C=O) groups is 2. The van der Waals surface area contributed by atoms with Crippen LogP contribution in [0.1, 0.15) is 90.9 Å². The normalized spacial score (nSPS) is 22.8. The van der Waals surface area contributed by atoms with Gasteiger partial charge in [0.2, 0.25) is 0 Å². The Morgan fingerprint density at radius 3 is 2.46 bits per heavy atom. The number of carbonyl (C=O) groups excluding carboxylic acids is 2. The van der Waals surface area contributed by atoms with E-state index < -0.39 is 0 Å². The number of hydrogen-bond donors (Lipinski definition) is 1. The largest absolute Gasteiger partial charge is 0.466 e. The average Bonchev–Trinajstić information content (AvgIpc) is 2.96. The Bertz CT molecular complexity index is 430. The lowest BCUT2D eigenvalue weighted by molar-refractivity contribution is -0.143. The second-order valence-electron chi connectivity index (χ2n) is 7.51. The fourth-order valence-electron chi connectivity index (χ4n) is 3.82. The van der Waals surface area contributed by atoms with Crippen molar-refractivity contribution in [2.24, 2.45) is 11.8 Å². The third-order valence-electron chi connectivity index (χ3n) is 5.37. The number of ketones is 1. The molecule has 1 aliphatic carbocycles. The SMILES string of the molecule is CCCCCC(=O)C=C[C@H]1CC[C@@H](O)[C@@H]1CCCCCCC(=O)OCC. The van der Waals surface area contributed by atoms with E-state index in [-0.39, 0.29) is 23.8 Å². The highest BCUT2D eigenvalue weighted by Gasteiger charge is 2.32. The number of hydrogen-bond acceptors (Lipinski definition) is 4. The van der Waals surface area contributed by atoms with Crippen LogP contribution in [0.5, 0.6) is 0 Å². The first-order valence-corrected chi connectivity index (χ1v) is 10.6. The van der Waals surface area contributed by atoms with E-state index in [0.29, 0.717) is 25.4 Å². The number of ether oxygens (including phenoxy) is 1. The molecule has 3 atom stereocenters. The lowest BCUT2D eigenvalue weighted by Crippen LogP contribution is -2.18. The molecule has 26 heavy (non-hydrogen) atoms. The topological polar surface area (TPSA) is 63.6 Å². The van der Waals surface area contributed by atoms with Crippen molar-refractivity contribution in [3.8, 4) is 0 Å². The summed E-state index contributed by atoms with van der Waals surface area (Å²) >= 11 is 0. The van der Waals surface area contributed by atoms with Crippen LogP contribution in [0, 0.1) is 11.8 Å². The predicted octanol–water partition coefficient (Wildman–Crippen LogP) is 4.98. The Morgan fingerprint density at radius 1 is 1.00 bits per heavy atom. The van der Waals surface area contributed by atoms with Gasteiger partial charge < -0.3 is 9.84 Å². The van der Waals surface area contributed by atoms with Crippen LogP contribution in [-0.4, -0.2) is 29.6 Å². The summed E-state index contributed by atoms with van der Waals surface area (Å²) in [5.41, 5.74) is 0. The Balaban J connectivity index is 2.24. The molecule has 0 aromatic carbocycles. The van der Waals surface area contributed by atoms with E-state index >= 15 is 0 Å². The second kappa shape index (κ2) is 14.0. The van der Waals surface area contributed by atoms with E-state index in [1.807, 2.05) is 6.92 Å². The van der Waals surface area contributed by atoms with Crippen molar-refractivity contribution < 1.29 is 19.4 Å². The van der Waals surface area contributed by atoms with E-state index in [4.69, 9.17) is 4.74 Å². The van der Waals surface area contributed by atoms with Gasteiger partial charge in [-0.15, -0.1) is 0 Å². The van der Waals surface area contributed by atoms with Crippen LogP contribution in [0.4, 0.5) is 0 Å². The predicted molar refractivity (Wildman–Crippen MR) is 105 cm³/mol. The average molecular weight is 367 g/mol. The first-order valence-electron chi connectivity index (χ1n) is 10.6. The Morgan fingerprint density at radius 2 is 1.73 bits per heavy atom. The molecule has 1 rings (SSSR count). The Kier molecular flexibility index (Phi) is 12.3. The quantitative estimate of drug-likeness (QED) is 0.267. The maximum absolute atomic E-state index is 11.9. The minimum atomic E-state index is -0.237. The minimum Gasteiger partial charge on any atom is -0.466 e. The van der Waals surface area contributed by atoms with Crippen LogP contribution in [0.15, 0.2) is 12.2 Å². The van der Waals surface area contributed by atoms with Gasteiger partial charge in [0.15, 0.2) is 5.78 Å². The number of aliphatic hydroxyl groups is 1. The van der Waals surface area contributed by atoms with Crippen molar-refractivity contribution in [2.45, 2.75) is 97.0 Å². The van der Waals surface area contributed by atoms with Crippen molar-refractivity contribution in [1.29, 1.82) is 0 Å². The fourth-order valence-corrected chi connectivity index (χ4v) is 3.82. The van der Waals surface area contributed by atoms with Gasteiger partial charge in [0.05, 0.1) is 12.7 Å². The molecule has 0 aliphatic heterocycles. The van der Waals surface area contributed by atoms with Crippen LogP contribution in [-0.2, 0) is 14.3 Å². The van der Waals surface area contributed by atoms with Gasteiger partial charge in [-0.05, 0) is 56.9 Å². The molecule has 4 heteroatoms. The molecule has 0 bridgehead atoms. The Hall–Kier alpha value is -1.16. The van der Waals surface area contributed by atoms with Gasteiger partial charge in [-0.25, -0.2) is 0 Å². The van der Waals surface area contributed by atoms with Gasteiger partial charge in [-0.3, -0.25) is 9.59 Å². The highest BCUT2D eigenvalue weighted by Crippen LogP contribution is 2.36.